The van der Waals surface area contributed by atoms with Crippen molar-refractivity contribution < 1.29 is 18.0 Å². The third-order valence-corrected chi connectivity index (χ3v) is 5.75. The molecule has 0 aromatic carbocycles. The van der Waals surface area contributed by atoms with Crippen molar-refractivity contribution in [1.29, 1.82) is 0 Å². The van der Waals surface area contributed by atoms with Crippen LogP contribution in [0, 0.1) is 13.8 Å². The Morgan fingerprint density at radius 3 is 2.67 bits per heavy atom. The summed E-state index contributed by atoms with van der Waals surface area (Å²) in [5.41, 5.74) is 4.39. The number of allylic oxidation sites excluding steroid dienone is 4. The Hall–Kier alpha value is -3.16. The molecular formula is C25H29F3N4O. The van der Waals surface area contributed by atoms with Crippen LogP contribution < -0.4 is 10.6 Å². The molecular weight excluding hydrogens is 429 g/mol. The van der Waals surface area contributed by atoms with Gasteiger partial charge in [-0.1, -0.05) is 12.2 Å². The van der Waals surface area contributed by atoms with Gasteiger partial charge in [-0.15, -0.1) is 0 Å². The number of nitrogens with zero attached hydrogens (tertiary/aromatic N) is 2. The van der Waals surface area contributed by atoms with Crippen molar-refractivity contribution in [3.05, 3.63) is 82.1 Å². The zero-order valence-electron chi connectivity index (χ0n) is 19.1. The van der Waals surface area contributed by atoms with Crippen molar-refractivity contribution in [2.45, 2.75) is 65.2 Å². The number of alkyl halides is 3. The van der Waals surface area contributed by atoms with E-state index in [1.54, 1.807) is 30.6 Å². The standard InChI is InChI=1S/C25H29F3N4O/c1-16-9-11-29-18(3)23(16)15-31-24(33)19-10-12-30-22(13-19)14-21-6-4-5-20(25(26,27)28)8-7-17(2)32-21/h5-6,9-13,17,32H,4,7-8,14-15H2,1-3H3,(H,31,33)/b20-5+,21-6-. The van der Waals surface area contributed by atoms with Crippen LogP contribution in [-0.4, -0.2) is 28.1 Å². The van der Waals surface area contributed by atoms with Crippen molar-refractivity contribution in [3.63, 3.8) is 0 Å². The maximum atomic E-state index is 13.1. The van der Waals surface area contributed by atoms with Crippen molar-refractivity contribution in [2.75, 3.05) is 0 Å². The molecule has 33 heavy (non-hydrogen) atoms. The number of hydrogen-bond donors (Lipinski definition) is 2. The van der Waals surface area contributed by atoms with Crippen LogP contribution in [0.15, 0.2) is 54.0 Å². The first-order chi connectivity index (χ1) is 15.6. The largest absolute Gasteiger partial charge is 0.412 e. The average molecular weight is 459 g/mol. The molecule has 0 spiro atoms. The molecule has 2 aromatic heterocycles. The quantitative estimate of drug-likeness (QED) is 0.612. The van der Waals surface area contributed by atoms with E-state index in [-0.39, 0.29) is 24.8 Å². The van der Waals surface area contributed by atoms with E-state index < -0.39 is 11.7 Å². The van der Waals surface area contributed by atoms with Crippen LogP contribution in [0.2, 0.25) is 0 Å². The summed E-state index contributed by atoms with van der Waals surface area (Å²) in [4.78, 5) is 21.3. The molecule has 176 valence electrons. The number of carbonyl (C=O) groups is 1. The SMILES string of the molecule is Cc1ccnc(C)c1CNC(=O)c1ccnc(C/C2=C/C/C=C(/C(F)(F)F)CCC(C)N2)c1. The summed E-state index contributed by atoms with van der Waals surface area (Å²) >= 11 is 0. The number of nitrogens with one attached hydrogen (secondary N) is 2. The summed E-state index contributed by atoms with van der Waals surface area (Å²) in [7, 11) is 0. The Morgan fingerprint density at radius 2 is 1.94 bits per heavy atom. The summed E-state index contributed by atoms with van der Waals surface area (Å²) in [6.45, 7) is 6.13. The molecule has 3 heterocycles. The molecule has 0 saturated heterocycles. The molecule has 8 heteroatoms. The summed E-state index contributed by atoms with van der Waals surface area (Å²) in [5, 5.41) is 6.23. The summed E-state index contributed by atoms with van der Waals surface area (Å²) < 4.78 is 39.4. The Bertz CT molecular complexity index is 1040. The molecule has 2 aromatic rings. The lowest BCUT2D eigenvalue weighted by atomic mass is 10.1. The number of halogens is 3. The number of amides is 1. The zero-order valence-corrected chi connectivity index (χ0v) is 19.1. The topological polar surface area (TPSA) is 66.9 Å². The Labute approximate surface area is 192 Å². The second-order valence-electron chi connectivity index (χ2n) is 8.36. The fraction of sp³-hybridized carbons (Fsp3) is 0.400. The number of carbonyl (C=O) groups excluding carboxylic acids is 1. The summed E-state index contributed by atoms with van der Waals surface area (Å²) in [5.74, 6) is -0.219. The van der Waals surface area contributed by atoms with Crippen molar-refractivity contribution >= 4 is 5.91 Å². The number of rotatable bonds is 5. The van der Waals surface area contributed by atoms with Crippen LogP contribution in [0.1, 0.15) is 59.1 Å². The summed E-state index contributed by atoms with van der Waals surface area (Å²) in [6.07, 6.45) is 2.99. The fourth-order valence-electron chi connectivity index (χ4n) is 3.82. The Balaban J connectivity index is 1.69. The first-order valence-electron chi connectivity index (χ1n) is 11.0. The first kappa shape index (κ1) is 24.5. The highest BCUT2D eigenvalue weighted by atomic mass is 19.4. The zero-order chi connectivity index (χ0) is 24.0. The lowest BCUT2D eigenvalue weighted by molar-refractivity contribution is -0.0944. The minimum Gasteiger partial charge on any atom is -0.386 e. The van der Waals surface area contributed by atoms with Gasteiger partial charge < -0.3 is 10.6 Å². The molecule has 0 bridgehead atoms. The van der Waals surface area contributed by atoms with Crippen LogP contribution in [0.3, 0.4) is 0 Å². The van der Waals surface area contributed by atoms with Gasteiger partial charge in [-0.25, -0.2) is 0 Å². The molecule has 3 rings (SSSR count). The summed E-state index contributed by atoms with van der Waals surface area (Å²) in [6, 6.07) is 5.16. The number of hydrogen-bond acceptors (Lipinski definition) is 4. The van der Waals surface area contributed by atoms with Crippen molar-refractivity contribution in [2.24, 2.45) is 0 Å². The van der Waals surface area contributed by atoms with Crippen LogP contribution in [0.5, 0.6) is 0 Å². The highest BCUT2D eigenvalue weighted by molar-refractivity contribution is 5.94. The normalized spacial score (nSPS) is 20.2. The molecule has 0 saturated carbocycles. The molecule has 1 aliphatic heterocycles. The van der Waals surface area contributed by atoms with Gasteiger partial charge in [0.15, 0.2) is 0 Å². The van der Waals surface area contributed by atoms with E-state index in [2.05, 4.69) is 20.6 Å². The number of aryl methyl sites for hydroxylation is 2. The van der Waals surface area contributed by atoms with E-state index >= 15 is 0 Å². The predicted molar refractivity (Wildman–Crippen MR) is 121 cm³/mol. The van der Waals surface area contributed by atoms with E-state index in [0.717, 1.165) is 22.5 Å². The van der Waals surface area contributed by atoms with Gasteiger partial charge in [-0.3, -0.25) is 14.8 Å². The second-order valence-corrected chi connectivity index (χ2v) is 8.36. The van der Waals surface area contributed by atoms with Gasteiger partial charge in [0.1, 0.15) is 0 Å². The Morgan fingerprint density at radius 1 is 1.18 bits per heavy atom. The van der Waals surface area contributed by atoms with Crippen LogP contribution in [-0.2, 0) is 13.0 Å². The van der Waals surface area contributed by atoms with Crippen LogP contribution >= 0.6 is 0 Å². The second kappa shape index (κ2) is 10.6. The van der Waals surface area contributed by atoms with E-state index in [1.807, 2.05) is 26.8 Å². The monoisotopic (exact) mass is 458 g/mol. The van der Waals surface area contributed by atoms with Gasteiger partial charge in [-0.05, 0) is 69.4 Å². The van der Waals surface area contributed by atoms with Gasteiger partial charge in [0, 0.05) is 59.6 Å². The molecule has 2 N–H and O–H groups in total. The van der Waals surface area contributed by atoms with E-state index in [0.29, 0.717) is 30.6 Å². The smallest absolute Gasteiger partial charge is 0.386 e. The molecule has 5 nitrogen and oxygen atoms in total. The van der Waals surface area contributed by atoms with Gasteiger partial charge >= 0.3 is 6.18 Å². The third-order valence-electron chi connectivity index (χ3n) is 5.75. The molecule has 1 aliphatic rings. The maximum absolute atomic E-state index is 13.1. The number of pyridine rings is 2. The van der Waals surface area contributed by atoms with Gasteiger partial charge in [0.05, 0.1) is 0 Å². The average Bonchev–Trinajstić information content (AvgIpc) is 2.83. The van der Waals surface area contributed by atoms with Gasteiger partial charge in [-0.2, -0.15) is 13.2 Å². The molecule has 1 amide bonds. The molecule has 1 unspecified atom stereocenters. The van der Waals surface area contributed by atoms with Crippen molar-refractivity contribution in [3.8, 4) is 0 Å². The van der Waals surface area contributed by atoms with E-state index in [4.69, 9.17) is 0 Å². The number of aromatic nitrogens is 2. The highest BCUT2D eigenvalue weighted by Gasteiger charge is 2.33. The van der Waals surface area contributed by atoms with Gasteiger partial charge in [0.25, 0.3) is 5.91 Å². The highest BCUT2D eigenvalue weighted by Crippen LogP contribution is 2.30. The Kier molecular flexibility index (Phi) is 7.89. The minimum absolute atomic E-state index is 0.0113. The molecule has 1 atom stereocenters. The lowest BCUT2D eigenvalue weighted by Crippen LogP contribution is -2.27. The minimum atomic E-state index is -4.30. The van der Waals surface area contributed by atoms with Crippen LogP contribution in [0.4, 0.5) is 13.2 Å². The van der Waals surface area contributed by atoms with E-state index in [1.165, 1.54) is 6.08 Å². The fourth-order valence-corrected chi connectivity index (χ4v) is 3.82. The molecule has 0 fully saturated rings. The van der Waals surface area contributed by atoms with Crippen LogP contribution in [0.25, 0.3) is 0 Å². The van der Waals surface area contributed by atoms with Crippen molar-refractivity contribution in [1.82, 2.24) is 20.6 Å². The predicted octanol–water partition coefficient (Wildman–Crippen LogP) is 5.10. The maximum Gasteiger partial charge on any atom is 0.412 e. The molecule has 0 radical (unpaired) electrons. The lowest BCUT2D eigenvalue weighted by Gasteiger charge is -2.18. The van der Waals surface area contributed by atoms with Gasteiger partial charge in [0.2, 0.25) is 0 Å². The van der Waals surface area contributed by atoms with E-state index in [9.17, 15) is 18.0 Å². The molecule has 0 aliphatic carbocycles. The first-order valence-corrected chi connectivity index (χ1v) is 11.0. The third kappa shape index (κ3) is 6.91.